The molecule has 0 unspecified atom stereocenters. The van der Waals surface area contributed by atoms with Crippen LogP contribution in [0.4, 0.5) is 22.7 Å². The van der Waals surface area contributed by atoms with Gasteiger partial charge in [0.15, 0.2) is 0 Å². The zero-order valence-corrected chi connectivity index (χ0v) is 17.6. The highest BCUT2D eigenvalue weighted by molar-refractivity contribution is 6.05. The lowest BCUT2D eigenvalue weighted by atomic mass is 10.0. The average molecular weight is 409 g/mol. The molecule has 1 aliphatic heterocycles. The first-order valence-corrected chi connectivity index (χ1v) is 10.4. The molecule has 0 saturated heterocycles. The SMILES string of the molecule is COc1cc(C(N)=O)ccc1Nc1ccc2c(c1)N(C1CCCC1)[C@H](C)C(=O)N2C. The maximum absolute atomic E-state index is 12.8. The number of nitrogens with zero attached hydrogens (tertiary/aromatic N) is 2. The van der Waals surface area contributed by atoms with Crippen molar-refractivity contribution in [3.63, 3.8) is 0 Å². The number of carbonyl (C=O) groups excluding carboxylic acids is 2. The second-order valence-electron chi connectivity index (χ2n) is 8.03. The van der Waals surface area contributed by atoms with E-state index >= 15 is 0 Å². The van der Waals surface area contributed by atoms with Gasteiger partial charge in [0.2, 0.25) is 11.8 Å². The van der Waals surface area contributed by atoms with E-state index in [0.717, 1.165) is 35.6 Å². The first-order valence-electron chi connectivity index (χ1n) is 10.4. The molecule has 30 heavy (non-hydrogen) atoms. The third kappa shape index (κ3) is 3.44. The molecular weight excluding hydrogens is 380 g/mol. The molecule has 2 aliphatic rings. The standard InChI is InChI=1S/C23H28N4O3/c1-14-23(29)26(2)19-11-9-16(13-20(19)27(14)17-6-4-5-7-17)25-18-10-8-15(22(24)28)12-21(18)30-3/h8-14,17,25H,4-7H2,1-3H3,(H2,24,28)/t14-/m1/s1. The fourth-order valence-corrected chi connectivity index (χ4v) is 4.62. The van der Waals surface area contributed by atoms with E-state index < -0.39 is 5.91 Å². The molecule has 1 aliphatic carbocycles. The number of benzene rings is 2. The molecule has 7 nitrogen and oxygen atoms in total. The highest BCUT2D eigenvalue weighted by atomic mass is 16.5. The first-order chi connectivity index (χ1) is 14.4. The number of hydrogen-bond acceptors (Lipinski definition) is 5. The van der Waals surface area contributed by atoms with Crippen LogP contribution in [0.1, 0.15) is 43.0 Å². The van der Waals surface area contributed by atoms with Crippen molar-refractivity contribution in [3.05, 3.63) is 42.0 Å². The number of anilines is 4. The number of carbonyl (C=O) groups is 2. The monoisotopic (exact) mass is 408 g/mol. The van der Waals surface area contributed by atoms with E-state index in [9.17, 15) is 9.59 Å². The van der Waals surface area contributed by atoms with Gasteiger partial charge in [0, 0.05) is 24.3 Å². The highest BCUT2D eigenvalue weighted by Crippen LogP contribution is 2.42. The van der Waals surface area contributed by atoms with Crippen LogP contribution >= 0.6 is 0 Å². The summed E-state index contributed by atoms with van der Waals surface area (Å²) >= 11 is 0. The van der Waals surface area contributed by atoms with Crippen LogP contribution in [0.15, 0.2) is 36.4 Å². The van der Waals surface area contributed by atoms with Crippen molar-refractivity contribution in [2.75, 3.05) is 29.3 Å². The summed E-state index contributed by atoms with van der Waals surface area (Å²) in [4.78, 5) is 28.3. The number of rotatable bonds is 5. The van der Waals surface area contributed by atoms with E-state index in [1.165, 1.54) is 12.8 Å². The van der Waals surface area contributed by atoms with Gasteiger partial charge in [-0.15, -0.1) is 0 Å². The van der Waals surface area contributed by atoms with Gasteiger partial charge in [-0.1, -0.05) is 12.8 Å². The number of ether oxygens (including phenoxy) is 1. The predicted octanol–water partition coefficient (Wildman–Crippen LogP) is 3.65. The fraction of sp³-hybridized carbons (Fsp3) is 0.391. The molecule has 1 atom stereocenters. The number of likely N-dealkylation sites (N-methyl/N-ethyl adjacent to an activating group) is 1. The molecule has 0 radical (unpaired) electrons. The Morgan fingerprint density at radius 3 is 2.53 bits per heavy atom. The van der Waals surface area contributed by atoms with Crippen molar-refractivity contribution in [1.82, 2.24) is 0 Å². The Kier molecular flexibility index (Phi) is 5.28. The maximum atomic E-state index is 12.8. The Morgan fingerprint density at radius 2 is 1.87 bits per heavy atom. The van der Waals surface area contributed by atoms with Crippen molar-refractivity contribution in [2.24, 2.45) is 5.73 Å². The van der Waals surface area contributed by atoms with Gasteiger partial charge >= 0.3 is 0 Å². The summed E-state index contributed by atoms with van der Waals surface area (Å²) in [6.07, 6.45) is 4.63. The van der Waals surface area contributed by atoms with Crippen LogP contribution in [0.25, 0.3) is 0 Å². The third-order valence-corrected chi connectivity index (χ3v) is 6.20. The number of methoxy groups -OCH3 is 1. The largest absolute Gasteiger partial charge is 0.495 e. The summed E-state index contributed by atoms with van der Waals surface area (Å²) in [5.41, 5.74) is 9.38. The maximum Gasteiger partial charge on any atom is 0.249 e. The zero-order chi connectivity index (χ0) is 21.4. The lowest BCUT2D eigenvalue weighted by molar-refractivity contribution is -0.119. The summed E-state index contributed by atoms with van der Waals surface area (Å²) in [6, 6.07) is 11.3. The predicted molar refractivity (Wildman–Crippen MR) is 119 cm³/mol. The minimum atomic E-state index is -0.498. The fourth-order valence-electron chi connectivity index (χ4n) is 4.62. The van der Waals surface area contributed by atoms with E-state index in [-0.39, 0.29) is 11.9 Å². The lowest BCUT2D eigenvalue weighted by Gasteiger charge is -2.43. The van der Waals surface area contributed by atoms with E-state index in [2.05, 4.69) is 16.3 Å². The van der Waals surface area contributed by atoms with Crippen LogP contribution in [-0.2, 0) is 4.79 Å². The molecule has 7 heteroatoms. The molecule has 0 aromatic heterocycles. The van der Waals surface area contributed by atoms with E-state index in [1.807, 2.05) is 26.1 Å². The minimum absolute atomic E-state index is 0.124. The minimum Gasteiger partial charge on any atom is -0.495 e. The van der Waals surface area contributed by atoms with Gasteiger partial charge in [-0.3, -0.25) is 9.59 Å². The molecule has 2 aromatic carbocycles. The number of hydrogen-bond donors (Lipinski definition) is 2. The van der Waals surface area contributed by atoms with Crippen LogP contribution in [0.3, 0.4) is 0 Å². The Hall–Kier alpha value is -3.22. The smallest absolute Gasteiger partial charge is 0.249 e. The van der Waals surface area contributed by atoms with Gasteiger partial charge in [-0.05, 0) is 56.2 Å². The molecule has 4 rings (SSSR count). The second kappa shape index (κ2) is 7.89. The van der Waals surface area contributed by atoms with Crippen molar-refractivity contribution in [2.45, 2.75) is 44.7 Å². The number of fused-ring (bicyclic) bond motifs is 1. The van der Waals surface area contributed by atoms with Gasteiger partial charge in [-0.2, -0.15) is 0 Å². The molecule has 158 valence electrons. The summed E-state index contributed by atoms with van der Waals surface area (Å²) < 4.78 is 5.44. The van der Waals surface area contributed by atoms with Crippen LogP contribution < -0.4 is 25.6 Å². The molecule has 0 spiro atoms. The van der Waals surface area contributed by atoms with Crippen molar-refractivity contribution >= 4 is 34.6 Å². The van der Waals surface area contributed by atoms with E-state index in [0.29, 0.717) is 17.4 Å². The zero-order valence-electron chi connectivity index (χ0n) is 17.6. The van der Waals surface area contributed by atoms with Crippen molar-refractivity contribution < 1.29 is 14.3 Å². The van der Waals surface area contributed by atoms with Crippen molar-refractivity contribution in [3.8, 4) is 5.75 Å². The normalized spacial score (nSPS) is 19.0. The first kappa shape index (κ1) is 20.1. The summed E-state index contributed by atoms with van der Waals surface area (Å²) in [5, 5.41) is 3.38. The molecule has 0 bridgehead atoms. The third-order valence-electron chi connectivity index (χ3n) is 6.20. The van der Waals surface area contributed by atoms with Gasteiger partial charge < -0.3 is 25.6 Å². The van der Waals surface area contributed by atoms with Gasteiger partial charge in [-0.25, -0.2) is 0 Å². The highest BCUT2D eigenvalue weighted by Gasteiger charge is 2.38. The van der Waals surface area contributed by atoms with Crippen LogP contribution in [0, 0.1) is 0 Å². The number of primary amides is 1. The number of nitrogens with two attached hydrogens (primary N) is 1. The molecule has 1 fully saturated rings. The summed E-state index contributed by atoms with van der Waals surface area (Å²) in [6.45, 7) is 1.99. The molecule has 1 heterocycles. The number of amides is 2. The molecule has 2 amide bonds. The Labute approximate surface area is 176 Å². The molecule has 1 saturated carbocycles. The summed E-state index contributed by atoms with van der Waals surface area (Å²) in [5.74, 6) is 0.165. The van der Waals surface area contributed by atoms with E-state index in [1.54, 1.807) is 30.2 Å². The van der Waals surface area contributed by atoms with Crippen molar-refractivity contribution in [1.29, 1.82) is 0 Å². The van der Waals surface area contributed by atoms with Crippen LogP contribution in [0.5, 0.6) is 5.75 Å². The molecular formula is C23H28N4O3. The quantitative estimate of drug-likeness (QED) is 0.788. The van der Waals surface area contributed by atoms with Gasteiger partial charge in [0.25, 0.3) is 0 Å². The van der Waals surface area contributed by atoms with Gasteiger partial charge in [0.1, 0.15) is 11.8 Å². The van der Waals surface area contributed by atoms with Crippen LogP contribution in [0.2, 0.25) is 0 Å². The Balaban J connectivity index is 1.71. The Bertz CT molecular complexity index is 984. The molecule has 3 N–H and O–H groups in total. The topological polar surface area (TPSA) is 87.9 Å². The average Bonchev–Trinajstić information content (AvgIpc) is 3.26. The van der Waals surface area contributed by atoms with E-state index in [4.69, 9.17) is 10.5 Å². The van der Waals surface area contributed by atoms with Crippen LogP contribution in [-0.4, -0.2) is 38.1 Å². The lowest BCUT2D eigenvalue weighted by Crippen LogP contribution is -2.54. The second-order valence-corrected chi connectivity index (χ2v) is 8.03. The number of nitrogens with one attached hydrogen (secondary N) is 1. The Morgan fingerprint density at radius 1 is 1.13 bits per heavy atom. The molecule has 2 aromatic rings. The van der Waals surface area contributed by atoms with Gasteiger partial charge in [0.05, 0.1) is 24.2 Å². The summed E-state index contributed by atoms with van der Waals surface area (Å²) in [7, 11) is 3.39.